The molecule has 0 radical (unpaired) electrons. The van der Waals surface area contributed by atoms with Crippen LogP contribution < -0.4 is 9.47 Å². The lowest BCUT2D eigenvalue weighted by atomic mass is 10.0. The van der Waals surface area contributed by atoms with Gasteiger partial charge in [-0.3, -0.25) is 0 Å². The summed E-state index contributed by atoms with van der Waals surface area (Å²) >= 11 is 6.15. The van der Waals surface area contributed by atoms with Gasteiger partial charge in [0.1, 0.15) is 13.2 Å². The molecule has 0 amide bonds. The molecule has 18 heavy (non-hydrogen) atoms. The van der Waals surface area contributed by atoms with E-state index in [1.807, 2.05) is 6.07 Å². The van der Waals surface area contributed by atoms with E-state index in [2.05, 4.69) is 0 Å². The predicted molar refractivity (Wildman–Crippen MR) is 69.4 cm³/mol. The van der Waals surface area contributed by atoms with E-state index in [4.69, 9.17) is 21.1 Å². The number of ether oxygens (including phenoxy) is 2. The van der Waals surface area contributed by atoms with Crippen molar-refractivity contribution < 1.29 is 14.6 Å². The molecule has 0 aromatic heterocycles. The molecule has 0 saturated heterocycles. The maximum absolute atomic E-state index is 10.2. The fraction of sp³-hybridized carbons (Fsp3) is 0.571. The summed E-state index contributed by atoms with van der Waals surface area (Å²) in [5.74, 6) is 2.07. The fourth-order valence-electron chi connectivity index (χ4n) is 2.29. The maximum Gasteiger partial charge on any atom is 0.179 e. The van der Waals surface area contributed by atoms with Gasteiger partial charge >= 0.3 is 0 Å². The molecular weight excluding hydrogens is 252 g/mol. The first-order chi connectivity index (χ1) is 8.74. The van der Waals surface area contributed by atoms with Crippen LogP contribution in [-0.2, 0) is 0 Å². The van der Waals surface area contributed by atoms with Gasteiger partial charge in [0, 0.05) is 0 Å². The van der Waals surface area contributed by atoms with Gasteiger partial charge in [0.2, 0.25) is 0 Å². The number of rotatable bonds is 4. The monoisotopic (exact) mass is 268 g/mol. The molecule has 4 heteroatoms. The van der Waals surface area contributed by atoms with Crippen LogP contribution in [0.15, 0.2) is 12.1 Å². The molecule has 0 bridgehead atoms. The Bertz CT molecular complexity index is 443. The van der Waals surface area contributed by atoms with Crippen LogP contribution >= 0.6 is 11.6 Å². The van der Waals surface area contributed by atoms with Gasteiger partial charge in [0.25, 0.3) is 0 Å². The van der Waals surface area contributed by atoms with Crippen LogP contribution in [0.2, 0.25) is 5.02 Å². The zero-order valence-electron chi connectivity index (χ0n) is 10.2. The third-order valence-electron chi connectivity index (χ3n) is 3.55. The molecule has 2 aliphatic rings. The Balaban J connectivity index is 1.76. The van der Waals surface area contributed by atoms with Crippen LogP contribution in [0, 0.1) is 5.92 Å². The average molecular weight is 269 g/mol. The minimum absolute atomic E-state index is 0.459. The zero-order valence-corrected chi connectivity index (χ0v) is 10.9. The second kappa shape index (κ2) is 4.98. The smallest absolute Gasteiger partial charge is 0.179 e. The molecule has 1 N–H and O–H groups in total. The topological polar surface area (TPSA) is 38.7 Å². The summed E-state index contributed by atoms with van der Waals surface area (Å²) in [6.45, 7) is 1.06. The normalized spacial score (nSPS) is 19.7. The maximum atomic E-state index is 10.2. The highest BCUT2D eigenvalue weighted by molar-refractivity contribution is 6.32. The summed E-state index contributed by atoms with van der Waals surface area (Å²) in [6, 6.07) is 3.63. The van der Waals surface area contributed by atoms with E-state index < -0.39 is 6.10 Å². The molecule has 1 aromatic carbocycles. The van der Waals surface area contributed by atoms with Gasteiger partial charge in [-0.05, 0) is 36.5 Å². The van der Waals surface area contributed by atoms with Crippen molar-refractivity contribution in [2.75, 3.05) is 13.2 Å². The fourth-order valence-corrected chi connectivity index (χ4v) is 2.56. The molecular formula is C14H17ClO3. The highest BCUT2D eigenvalue weighted by Crippen LogP contribution is 2.41. The molecule has 1 aromatic rings. The summed E-state index contributed by atoms with van der Waals surface area (Å²) < 4.78 is 11.0. The number of halogens is 1. The van der Waals surface area contributed by atoms with Gasteiger partial charge in [-0.1, -0.05) is 24.4 Å². The van der Waals surface area contributed by atoms with E-state index in [0.717, 1.165) is 24.3 Å². The lowest BCUT2D eigenvalue weighted by Gasteiger charge is -2.21. The van der Waals surface area contributed by atoms with Crippen LogP contribution in [0.5, 0.6) is 11.5 Å². The molecule has 3 nitrogen and oxygen atoms in total. The summed E-state index contributed by atoms with van der Waals surface area (Å²) in [7, 11) is 0. The van der Waals surface area contributed by atoms with Crippen molar-refractivity contribution in [1.82, 2.24) is 0 Å². The number of hydrogen-bond donors (Lipinski definition) is 1. The summed E-state index contributed by atoms with van der Waals surface area (Å²) in [4.78, 5) is 0. The summed E-state index contributed by atoms with van der Waals surface area (Å²) in [6.07, 6.45) is 4.05. The van der Waals surface area contributed by atoms with E-state index in [9.17, 15) is 5.11 Å². The van der Waals surface area contributed by atoms with Crippen LogP contribution in [0.4, 0.5) is 0 Å². The van der Waals surface area contributed by atoms with Crippen molar-refractivity contribution in [3.63, 3.8) is 0 Å². The molecule has 1 saturated carbocycles. The van der Waals surface area contributed by atoms with E-state index in [-0.39, 0.29) is 0 Å². The lowest BCUT2D eigenvalue weighted by molar-refractivity contribution is 0.156. The van der Waals surface area contributed by atoms with E-state index >= 15 is 0 Å². The van der Waals surface area contributed by atoms with Gasteiger partial charge in [0.05, 0.1) is 11.1 Å². The van der Waals surface area contributed by atoms with Crippen LogP contribution in [0.25, 0.3) is 0 Å². The zero-order chi connectivity index (χ0) is 12.5. The Morgan fingerprint density at radius 3 is 2.83 bits per heavy atom. The average Bonchev–Trinajstić information content (AvgIpc) is 3.20. The van der Waals surface area contributed by atoms with Gasteiger partial charge in [-0.15, -0.1) is 0 Å². The third-order valence-corrected chi connectivity index (χ3v) is 3.83. The molecule has 1 atom stereocenters. The summed E-state index contributed by atoms with van der Waals surface area (Å²) in [5.41, 5.74) is 0.824. The van der Waals surface area contributed by atoms with Crippen molar-refractivity contribution in [2.24, 2.45) is 5.92 Å². The number of aliphatic hydroxyl groups excluding tert-OH is 1. The first kappa shape index (κ1) is 12.1. The Labute approximate surface area is 112 Å². The molecule has 1 aliphatic carbocycles. The van der Waals surface area contributed by atoms with Gasteiger partial charge in [-0.25, -0.2) is 0 Å². The molecule has 1 fully saturated rings. The van der Waals surface area contributed by atoms with E-state index in [0.29, 0.717) is 29.7 Å². The number of fused-ring (bicyclic) bond motifs is 1. The largest absolute Gasteiger partial charge is 0.486 e. The SMILES string of the molecule is OC(CCC1CC1)c1cc(Cl)c2c(c1)OCCO2. The van der Waals surface area contributed by atoms with E-state index in [1.54, 1.807) is 6.07 Å². The standard InChI is InChI=1S/C14H17ClO3/c15-11-7-10(12(16)4-3-9-1-2-9)8-13-14(11)18-6-5-17-13/h7-9,12,16H,1-6H2. The molecule has 0 spiro atoms. The lowest BCUT2D eigenvalue weighted by Crippen LogP contribution is -2.16. The van der Waals surface area contributed by atoms with Gasteiger partial charge in [0.15, 0.2) is 11.5 Å². The quantitative estimate of drug-likeness (QED) is 0.910. The first-order valence-electron chi connectivity index (χ1n) is 6.51. The highest BCUT2D eigenvalue weighted by Gasteiger charge is 2.24. The molecule has 1 unspecified atom stereocenters. The van der Waals surface area contributed by atoms with Crippen molar-refractivity contribution in [3.05, 3.63) is 22.7 Å². The second-order valence-corrected chi connectivity index (χ2v) is 5.47. The molecule has 98 valence electrons. The van der Waals surface area contributed by atoms with Crippen LogP contribution in [0.1, 0.15) is 37.4 Å². The van der Waals surface area contributed by atoms with E-state index in [1.165, 1.54) is 12.8 Å². The molecule has 1 heterocycles. The van der Waals surface area contributed by atoms with Crippen molar-refractivity contribution in [1.29, 1.82) is 0 Å². The Hall–Kier alpha value is -0.930. The highest BCUT2D eigenvalue weighted by atomic mass is 35.5. The van der Waals surface area contributed by atoms with Gasteiger partial charge in [-0.2, -0.15) is 0 Å². The predicted octanol–water partition coefficient (Wildman–Crippen LogP) is 3.33. The minimum Gasteiger partial charge on any atom is -0.486 e. The molecule has 3 rings (SSSR count). The first-order valence-corrected chi connectivity index (χ1v) is 6.89. The number of hydrogen-bond acceptors (Lipinski definition) is 3. The minimum atomic E-state index is -0.459. The van der Waals surface area contributed by atoms with Crippen molar-refractivity contribution in [3.8, 4) is 11.5 Å². The molecule has 1 aliphatic heterocycles. The Kier molecular flexibility index (Phi) is 3.35. The Morgan fingerprint density at radius 1 is 1.28 bits per heavy atom. The number of benzene rings is 1. The van der Waals surface area contributed by atoms with Crippen LogP contribution in [0.3, 0.4) is 0 Å². The second-order valence-electron chi connectivity index (χ2n) is 5.06. The van der Waals surface area contributed by atoms with Gasteiger partial charge < -0.3 is 14.6 Å². The van der Waals surface area contributed by atoms with Crippen molar-refractivity contribution in [2.45, 2.75) is 31.8 Å². The summed E-state index contributed by atoms with van der Waals surface area (Å²) in [5, 5.41) is 10.7. The Morgan fingerprint density at radius 2 is 2.06 bits per heavy atom. The number of aliphatic hydroxyl groups is 1. The van der Waals surface area contributed by atoms with Crippen LogP contribution in [-0.4, -0.2) is 18.3 Å². The van der Waals surface area contributed by atoms with Crippen molar-refractivity contribution >= 4 is 11.6 Å². The third kappa shape index (κ3) is 2.57.